The predicted octanol–water partition coefficient (Wildman–Crippen LogP) is 1.41. The maximum absolute atomic E-state index is 14.2. The predicted molar refractivity (Wildman–Crippen MR) is 131 cm³/mol. The van der Waals surface area contributed by atoms with Crippen LogP contribution in [0.5, 0.6) is 11.5 Å². The van der Waals surface area contributed by atoms with Gasteiger partial charge in [0, 0.05) is 35.1 Å². The van der Waals surface area contributed by atoms with Crippen molar-refractivity contribution in [3.05, 3.63) is 33.4 Å². The number of hydrogen-bond donors (Lipinski definition) is 4. The van der Waals surface area contributed by atoms with E-state index in [0.29, 0.717) is 12.8 Å². The summed E-state index contributed by atoms with van der Waals surface area (Å²) < 4.78 is 29.1. The summed E-state index contributed by atoms with van der Waals surface area (Å²) in [6.45, 7) is 4.88. The van der Waals surface area contributed by atoms with Crippen LogP contribution < -0.4 is 0 Å². The monoisotopic (exact) mass is 558 g/mol. The van der Waals surface area contributed by atoms with Crippen LogP contribution in [0.3, 0.4) is 0 Å². The Hall–Kier alpha value is -2.87. The number of ether oxygens (including phenoxy) is 5. The van der Waals surface area contributed by atoms with E-state index >= 15 is 0 Å². The molecule has 10 atom stereocenters. The van der Waals surface area contributed by atoms with Crippen LogP contribution in [-0.2, 0) is 28.5 Å². The molecule has 40 heavy (non-hydrogen) atoms. The van der Waals surface area contributed by atoms with Crippen LogP contribution in [0.15, 0.2) is 11.1 Å². The number of hydrogen-bond acceptors (Lipinski definition) is 12. The highest BCUT2D eigenvalue weighted by molar-refractivity contribution is 6.30. The molecule has 1 aromatic carbocycles. The summed E-state index contributed by atoms with van der Waals surface area (Å²) in [6.07, 6.45) is -6.58. The van der Waals surface area contributed by atoms with Gasteiger partial charge in [0.1, 0.15) is 23.2 Å². The van der Waals surface area contributed by atoms with Gasteiger partial charge in [0.25, 0.3) is 0 Å². The summed E-state index contributed by atoms with van der Waals surface area (Å²) in [6, 6.07) is 0. The number of rotatable bonds is 2. The molecular formula is C28H30O12. The van der Waals surface area contributed by atoms with E-state index in [1.54, 1.807) is 20.8 Å². The number of fused-ring (bicyclic) bond motifs is 6. The highest BCUT2D eigenvalue weighted by Gasteiger charge is 2.64. The molecule has 12 heteroatoms. The fourth-order valence-corrected chi connectivity index (χ4v) is 7.31. The first-order valence-electron chi connectivity index (χ1n) is 13.6. The van der Waals surface area contributed by atoms with Gasteiger partial charge in [0.15, 0.2) is 24.0 Å². The lowest BCUT2D eigenvalue weighted by molar-refractivity contribution is -0.291. The zero-order chi connectivity index (χ0) is 28.4. The molecule has 0 spiro atoms. The highest BCUT2D eigenvalue weighted by atomic mass is 16.7. The standard InChI is InChI=1S/C28H30O12/c1-8-11(29)4-5-16(37-8)39-14-6-12-18-22(28(14,35)10(3)38-12)26(34)20-19(24(18)32)25(33)21-17(23(20)31)9(2)36-13-7-15(30)40-27(13)21/h8-14,16,27,29,31,33,35H,4-7H2,1-3H3/t8-,9-,10?,11-,12?,13-,14?,16-,27+,28?/m0/s1. The summed E-state index contributed by atoms with van der Waals surface area (Å²) in [5.74, 6) is -3.28. The number of carbonyl (C=O) groups is 3. The number of aliphatic hydroxyl groups excluding tert-OH is 1. The third-order valence-electron chi connectivity index (χ3n) is 9.31. The Kier molecular flexibility index (Phi) is 5.58. The molecular weight excluding hydrogens is 528 g/mol. The van der Waals surface area contributed by atoms with Crippen molar-refractivity contribution >= 4 is 17.5 Å². The van der Waals surface area contributed by atoms with Gasteiger partial charge in [0.05, 0.1) is 54.2 Å². The molecule has 7 aliphatic rings. The van der Waals surface area contributed by atoms with Gasteiger partial charge >= 0.3 is 5.97 Å². The summed E-state index contributed by atoms with van der Waals surface area (Å²) in [5.41, 5.74) is -3.18. The first-order valence-corrected chi connectivity index (χ1v) is 13.6. The third-order valence-corrected chi connectivity index (χ3v) is 9.31. The average molecular weight is 559 g/mol. The van der Waals surface area contributed by atoms with E-state index in [9.17, 15) is 34.8 Å². The molecule has 0 aromatic heterocycles. The van der Waals surface area contributed by atoms with Crippen LogP contribution in [0, 0.1) is 0 Å². The van der Waals surface area contributed by atoms with E-state index in [2.05, 4.69) is 0 Å². The summed E-state index contributed by atoms with van der Waals surface area (Å²) >= 11 is 0. The first-order chi connectivity index (χ1) is 18.9. The molecule has 4 N–H and O–H groups in total. The Bertz CT molecular complexity index is 1400. The molecule has 0 amide bonds. The molecule has 12 nitrogen and oxygen atoms in total. The van der Waals surface area contributed by atoms with Gasteiger partial charge in [-0.3, -0.25) is 14.4 Å². The highest BCUT2D eigenvalue weighted by Crippen LogP contribution is 2.57. The Morgan fingerprint density at radius 2 is 1.62 bits per heavy atom. The van der Waals surface area contributed by atoms with Crippen LogP contribution in [-0.4, -0.2) is 86.5 Å². The summed E-state index contributed by atoms with van der Waals surface area (Å²) in [7, 11) is 0. The molecule has 3 fully saturated rings. The van der Waals surface area contributed by atoms with Gasteiger partial charge in [-0.2, -0.15) is 0 Å². The molecule has 214 valence electrons. The van der Waals surface area contributed by atoms with Gasteiger partial charge in [0.2, 0.25) is 0 Å². The van der Waals surface area contributed by atoms with Crippen molar-refractivity contribution in [1.82, 2.24) is 0 Å². The van der Waals surface area contributed by atoms with Crippen LogP contribution >= 0.6 is 0 Å². The minimum atomic E-state index is -2.07. The molecule has 0 saturated carbocycles. The average Bonchev–Trinajstić information content (AvgIpc) is 3.26. The van der Waals surface area contributed by atoms with Crippen molar-refractivity contribution in [3.63, 3.8) is 0 Å². The van der Waals surface area contributed by atoms with E-state index in [1.807, 2.05) is 0 Å². The van der Waals surface area contributed by atoms with Crippen LogP contribution in [0.25, 0.3) is 0 Å². The normalized spacial score (nSPS) is 41.8. The Morgan fingerprint density at radius 3 is 2.35 bits per heavy atom. The Labute approximate surface area is 228 Å². The van der Waals surface area contributed by atoms with Gasteiger partial charge in [-0.15, -0.1) is 0 Å². The number of aromatic hydroxyl groups is 2. The van der Waals surface area contributed by atoms with E-state index in [-0.39, 0.29) is 35.1 Å². The van der Waals surface area contributed by atoms with Crippen molar-refractivity contribution in [2.45, 2.75) is 107 Å². The topological polar surface area (TPSA) is 178 Å². The largest absolute Gasteiger partial charge is 0.507 e. The molecule has 2 aliphatic carbocycles. The van der Waals surface area contributed by atoms with Crippen molar-refractivity contribution in [2.75, 3.05) is 0 Å². The van der Waals surface area contributed by atoms with Gasteiger partial charge in [-0.1, -0.05) is 0 Å². The van der Waals surface area contributed by atoms with Crippen molar-refractivity contribution in [3.8, 4) is 11.5 Å². The zero-order valence-electron chi connectivity index (χ0n) is 22.1. The number of carbonyl (C=O) groups excluding carboxylic acids is 3. The van der Waals surface area contributed by atoms with Gasteiger partial charge in [-0.25, -0.2) is 0 Å². The van der Waals surface area contributed by atoms with Crippen molar-refractivity contribution in [2.24, 2.45) is 0 Å². The van der Waals surface area contributed by atoms with Gasteiger partial charge in [-0.05, 0) is 27.2 Å². The second-order valence-electron chi connectivity index (χ2n) is 11.5. The van der Waals surface area contributed by atoms with Crippen LogP contribution in [0.2, 0.25) is 0 Å². The number of ketones is 2. The lowest BCUT2D eigenvalue weighted by Crippen LogP contribution is -2.67. The third kappa shape index (κ3) is 3.25. The maximum atomic E-state index is 14.2. The second-order valence-corrected chi connectivity index (χ2v) is 11.5. The number of aliphatic hydroxyl groups is 2. The number of esters is 1. The molecule has 5 heterocycles. The number of Topliss-reactive ketones (excluding diaryl/α,β-unsaturated/α-hetero) is 2. The number of phenolic OH excluding ortho intramolecular Hbond substituents is 2. The number of phenols is 2. The van der Waals surface area contributed by atoms with E-state index in [4.69, 9.17) is 23.7 Å². The fourth-order valence-electron chi connectivity index (χ4n) is 7.31. The van der Waals surface area contributed by atoms with Crippen molar-refractivity contribution in [1.29, 1.82) is 0 Å². The SMILES string of the molecule is CC1OC2CC(O[C@H]3CC[C@H](O)[C@H](C)O3)C1(O)C1=C2C(=O)c2c(O)c3c(c(O)c2C1=O)[C@H](C)O[C@H]1CC(=O)O[C@@H]31. The van der Waals surface area contributed by atoms with Crippen LogP contribution in [0.4, 0.5) is 0 Å². The Morgan fingerprint density at radius 1 is 0.925 bits per heavy atom. The molecule has 2 bridgehead atoms. The second kappa shape index (κ2) is 8.57. The summed E-state index contributed by atoms with van der Waals surface area (Å²) in [5, 5.41) is 44.9. The van der Waals surface area contributed by atoms with E-state index in [0.717, 1.165) is 0 Å². The maximum Gasteiger partial charge on any atom is 0.309 e. The molecule has 5 aliphatic heterocycles. The first kappa shape index (κ1) is 26.1. The van der Waals surface area contributed by atoms with Gasteiger partial charge < -0.3 is 44.1 Å². The quantitative estimate of drug-likeness (QED) is 0.303. The zero-order valence-corrected chi connectivity index (χ0v) is 22.1. The number of benzene rings is 1. The minimum Gasteiger partial charge on any atom is -0.507 e. The summed E-state index contributed by atoms with van der Waals surface area (Å²) in [4.78, 5) is 40.2. The Balaban J connectivity index is 1.34. The molecule has 0 radical (unpaired) electrons. The van der Waals surface area contributed by atoms with E-state index < -0.39 is 101 Å². The molecule has 3 saturated heterocycles. The minimum absolute atomic E-state index is 0.0374. The fraction of sp³-hybridized carbons (Fsp3) is 0.607. The van der Waals surface area contributed by atoms with E-state index in [1.165, 1.54) is 0 Å². The molecule has 4 unspecified atom stereocenters. The lowest BCUT2D eigenvalue weighted by atomic mass is 9.63. The van der Waals surface area contributed by atoms with Crippen molar-refractivity contribution < 1.29 is 58.5 Å². The smallest absolute Gasteiger partial charge is 0.309 e. The van der Waals surface area contributed by atoms with Crippen LogP contribution in [0.1, 0.15) is 90.5 Å². The lowest BCUT2D eigenvalue weighted by Gasteiger charge is -2.54. The molecule has 8 rings (SSSR count). The molecule has 1 aromatic rings.